The van der Waals surface area contributed by atoms with Gasteiger partial charge in [-0.2, -0.15) is 16.8 Å². The Morgan fingerprint density at radius 2 is 1.55 bits per heavy atom. The summed E-state index contributed by atoms with van der Waals surface area (Å²) in [5, 5.41) is 0.738. The van der Waals surface area contributed by atoms with Gasteiger partial charge in [0.2, 0.25) is 0 Å². The molecular formula is C11H11NO6S2. The summed E-state index contributed by atoms with van der Waals surface area (Å²) in [6.07, 6.45) is 0. The molecule has 0 heterocycles. The fourth-order valence-electron chi connectivity index (χ4n) is 1.93. The summed E-state index contributed by atoms with van der Waals surface area (Å²) >= 11 is 0. The highest BCUT2D eigenvalue weighted by Crippen LogP contribution is 2.29. The standard InChI is InChI=1S/C11H11NO6S2/c1-6-2-8(19(13,14)15)3-7-4-11(20(16,17)18)10(12)5-9(6)7/h2-5H,12H2,1H3,(H,13,14,15)(H,16,17,18). The third kappa shape index (κ3) is 2.61. The van der Waals surface area contributed by atoms with E-state index in [9.17, 15) is 16.8 Å². The zero-order valence-electron chi connectivity index (χ0n) is 10.2. The molecule has 0 saturated carbocycles. The van der Waals surface area contributed by atoms with Crippen LogP contribution in [0.5, 0.6) is 0 Å². The molecule has 0 spiro atoms. The number of nitrogen functional groups attached to an aromatic ring is 1. The molecule has 0 unspecified atom stereocenters. The number of anilines is 1. The molecule has 2 rings (SSSR count). The predicted octanol–water partition coefficient (Wildman–Crippen LogP) is 1.22. The van der Waals surface area contributed by atoms with Gasteiger partial charge in [0.15, 0.2) is 0 Å². The van der Waals surface area contributed by atoms with E-state index in [-0.39, 0.29) is 16.0 Å². The fourth-order valence-corrected chi connectivity index (χ4v) is 3.17. The normalized spacial score (nSPS) is 12.8. The van der Waals surface area contributed by atoms with E-state index in [1.165, 1.54) is 12.1 Å². The van der Waals surface area contributed by atoms with E-state index in [2.05, 4.69) is 0 Å². The van der Waals surface area contributed by atoms with Gasteiger partial charge in [-0.1, -0.05) is 0 Å². The van der Waals surface area contributed by atoms with Gasteiger partial charge >= 0.3 is 0 Å². The van der Waals surface area contributed by atoms with Gasteiger partial charge in [-0.25, -0.2) is 0 Å². The van der Waals surface area contributed by atoms with Crippen molar-refractivity contribution in [1.29, 1.82) is 0 Å². The summed E-state index contributed by atoms with van der Waals surface area (Å²) < 4.78 is 62.7. The van der Waals surface area contributed by atoms with Crippen molar-refractivity contribution in [3.05, 3.63) is 29.8 Å². The molecule has 20 heavy (non-hydrogen) atoms. The summed E-state index contributed by atoms with van der Waals surface area (Å²) in [4.78, 5) is -0.884. The Balaban J connectivity index is 2.93. The van der Waals surface area contributed by atoms with Crippen LogP contribution in [0.2, 0.25) is 0 Å². The second-order valence-electron chi connectivity index (χ2n) is 4.30. The monoisotopic (exact) mass is 317 g/mol. The molecule has 2 aromatic rings. The maximum absolute atomic E-state index is 11.2. The van der Waals surface area contributed by atoms with Gasteiger partial charge in [-0.05, 0) is 47.5 Å². The van der Waals surface area contributed by atoms with Crippen LogP contribution in [-0.2, 0) is 20.2 Å². The minimum atomic E-state index is -4.52. The molecule has 0 bridgehead atoms. The van der Waals surface area contributed by atoms with Crippen molar-refractivity contribution in [2.45, 2.75) is 16.7 Å². The largest absolute Gasteiger partial charge is 0.398 e. The van der Waals surface area contributed by atoms with Crippen LogP contribution in [0.25, 0.3) is 10.8 Å². The van der Waals surface area contributed by atoms with Gasteiger partial charge in [0.1, 0.15) is 4.90 Å². The van der Waals surface area contributed by atoms with E-state index in [0.717, 1.165) is 12.1 Å². The minimum Gasteiger partial charge on any atom is -0.398 e. The van der Waals surface area contributed by atoms with E-state index in [1.54, 1.807) is 6.92 Å². The third-order valence-corrected chi connectivity index (χ3v) is 4.58. The van der Waals surface area contributed by atoms with E-state index in [1.807, 2.05) is 0 Å². The van der Waals surface area contributed by atoms with E-state index < -0.39 is 25.1 Å². The SMILES string of the molecule is Cc1cc(S(=O)(=O)O)cc2cc(S(=O)(=O)O)c(N)cc12. The summed E-state index contributed by atoms with van der Waals surface area (Å²) in [5.74, 6) is 0. The van der Waals surface area contributed by atoms with Crippen molar-refractivity contribution < 1.29 is 25.9 Å². The molecule has 108 valence electrons. The molecule has 0 atom stereocenters. The van der Waals surface area contributed by atoms with Gasteiger partial charge in [0, 0.05) is 0 Å². The van der Waals surface area contributed by atoms with Crippen molar-refractivity contribution in [1.82, 2.24) is 0 Å². The van der Waals surface area contributed by atoms with Crippen molar-refractivity contribution in [3.63, 3.8) is 0 Å². The Hall–Kier alpha value is -1.68. The number of hydrogen-bond acceptors (Lipinski definition) is 5. The first-order chi connectivity index (χ1) is 9.00. The van der Waals surface area contributed by atoms with Crippen molar-refractivity contribution in [3.8, 4) is 0 Å². The first-order valence-corrected chi connectivity index (χ1v) is 8.17. The lowest BCUT2D eigenvalue weighted by molar-refractivity contribution is 0.481. The first-order valence-electron chi connectivity index (χ1n) is 5.29. The van der Waals surface area contributed by atoms with Gasteiger partial charge in [0.05, 0.1) is 10.6 Å². The van der Waals surface area contributed by atoms with Gasteiger partial charge < -0.3 is 5.73 Å². The predicted molar refractivity (Wildman–Crippen MR) is 72.7 cm³/mol. The van der Waals surface area contributed by atoms with Crippen LogP contribution in [-0.4, -0.2) is 25.9 Å². The summed E-state index contributed by atoms with van der Waals surface area (Å²) in [7, 11) is -8.94. The quantitative estimate of drug-likeness (QED) is 0.560. The lowest BCUT2D eigenvalue weighted by Gasteiger charge is -2.09. The number of hydrogen-bond donors (Lipinski definition) is 3. The van der Waals surface area contributed by atoms with Crippen LogP contribution in [0, 0.1) is 6.92 Å². The van der Waals surface area contributed by atoms with E-state index >= 15 is 0 Å². The number of rotatable bonds is 2. The molecule has 0 aliphatic heterocycles. The summed E-state index contributed by atoms with van der Waals surface area (Å²) in [6.45, 7) is 1.59. The molecular weight excluding hydrogens is 306 g/mol. The van der Waals surface area contributed by atoms with E-state index in [4.69, 9.17) is 14.8 Å². The molecule has 4 N–H and O–H groups in total. The highest BCUT2D eigenvalue weighted by atomic mass is 32.2. The smallest absolute Gasteiger partial charge is 0.296 e. The minimum absolute atomic E-state index is 0.150. The van der Waals surface area contributed by atoms with Crippen LogP contribution in [0.15, 0.2) is 34.1 Å². The summed E-state index contributed by atoms with van der Waals surface area (Å²) in [5.41, 5.74) is 5.90. The molecule has 0 amide bonds. The van der Waals surface area contributed by atoms with Crippen molar-refractivity contribution in [2.75, 3.05) is 5.73 Å². The third-order valence-electron chi connectivity index (χ3n) is 2.84. The average Bonchev–Trinajstić information content (AvgIpc) is 2.26. The van der Waals surface area contributed by atoms with Crippen LogP contribution in [0.4, 0.5) is 5.69 Å². The Labute approximate surface area is 115 Å². The maximum atomic E-state index is 11.2. The lowest BCUT2D eigenvalue weighted by atomic mass is 10.1. The molecule has 0 aliphatic carbocycles. The second kappa shape index (κ2) is 4.42. The van der Waals surface area contributed by atoms with Crippen LogP contribution < -0.4 is 5.73 Å². The molecule has 0 radical (unpaired) electrons. The highest BCUT2D eigenvalue weighted by molar-refractivity contribution is 7.86. The Morgan fingerprint density at radius 1 is 0.950 bits per heavy atom. The van der Waals surface area contributed by atoms with Crippen molar-refractivity contribution in [2.24, 2.45) is 0 Å². The zero-order valence-corrected chi connectivity index (χ0v) is 11.9. The van der Waals surface area contributed by atoms with Crippen LogP contribution in [0.3, 0.4) is 0 Å². The molecule has 0 aromatic heterocycles. The topological polar surface area (TPSA) is 135 Å². The van der Waals surface area contributed by atoms with Gasteiger partial charge in [-0.3, -0.25) is 9.11 Å². The molecule has 0 aliphatic rings. The maximum Gasteiger partial charge on any atom is 0.296 e. The van der Waals surface area contributed by atoms with Crippen LogP contribution in [0.1, 0.15) is 5.56 Å². The lowest BCUT2D eigenvalue weighted by Crippen LogP contribution is -2.04. The Bertz CT molecular complexity index is 916. The Kier molecular flexibility index (Phi) is 3.25. The fraction of sp³-hybridized carbons (Fsp3) is 0.0909. The number of aryl methyl sites for hydroxylation is 1. The average molecular weight is 317 g/mol. The van der Waals surface area contributed by atoms with Gasteiger partial charge in [0.25, 0.3) is 20.2 Å². The summed E-state index contributed by atoms with van der Waals surface area (Å²) in [6, 6.07) is 4.72. The highest BCUT2D eigenvalue weighted by Gasteiger charge is 2.18. The second-order valence-corrected chi connectivity index (χ2v) is 7.11. The first kappa shape index (κ1) is 14.7. The van der Waals surface area contributed by atoms with Crippen molar-refractivity contribution >= 4 is 36.7 Å². The number of benzene rings is 2. The molecule has 0 fully saturated rings. The van der Waals surface area contributed by atoms with E-state index in [0.29, 0.717) is 10.9 Å². The molecule has 2 aromatic carbocycles. The molecule has 7 nitrogen and oxygen atoms in total. The molecule has 9 heteroatoms. The van der Waals surface area contributed by atoms with Crippen LogP contribution >= 0.6 is 0 Å². The number of nitrogens with two attached hydrogens (primary N) is 1. The van der Waals surface area contributed by atoms with Gasteiger partial charge in [-0.15, -0.1) is 0 Å². The zero-order chi connectivity index (χ0) is 15.3. The Morgan fingerprint density at radius 3 is 2.05 bits per heavy atom. The number of fused-ring (bicyclic) bond motifs is 1. The molecule has 0 saturated heterocycles.